The van der Waals surface area contributed by atoms with E-state index in [1.54, 1.807) is 0 Å². The van der Waals surface area contributed by atoms with Crippen LogP contribution in [0.1, 0.15) is 39.0 Å². The van der Waals surface area contributed by atoms with Gasteiger partial charge in [0.1, 0.15) is 0 Å². The summed E-state index contributed by atoms with van der Waals surface area (Å²) >= 11 is 0. The third kappa shape index (κ3) is 3.69. The molecule has 2 fully saturated rings. The zero-order chi connectivity index (χ0) is 13.8. The van der Waals surface area contributed by atoms with Gasteiger partial charge < -0.3 is 15.3 Å². The van der Waals surface area contributed by atoms with Crippen LogP contribution in [0.25, 0.3) is 0 Å². The Hall–Kier alpha value is -1.10. The second kappa shape index (κ2) is 6.37. The number of rotatable bonds is 5. The quantitative estimate of drug-likeness (QED) is 0.783. The number of likely N-dealkylation sites (tertiary alicyclic amines) is 1. The maximum absolute atomic E-state index is 12.2. The van der Waals surface area contributed by atoms with Gasteiger partial charge in [0.2, 0.25) is 5.91 Å². The number of nitrogens with zero attached hydrogens (tertiary/aromatic N) is 1. The number of carboxylic acid groups (broad SMARTS) is 1. The van der Waals surface area contributed by atoms with Crippen molar-refractivity contribution in [3.63, 3.8) is 0 Å². The lowest BCUT2D eigenvalue weighted by atomic mass is 9.95. The summed E-state index contributed by atoms with van der Waals surface area (Å²) in [5.74, 6) is -1.72. The number of hydrogen-bond acceptors (Lipinski definition) is 3. The number of nitrogens with one attached hydrogen (secondary N) is 1. The molecule has 1 heterocycles. The molecule has 0 aromatic heterocycles. The van der Waals surface area contributed by atoms with Crippen molar-refractivity contribution in [2.75, 3.05) is 19.6 Å². The Bertz CT molecular complexity index is 340. The van der Waals surface area contributed by atoms with Crippen molar-refractivity contribution >= 4 is 11.9 Å². The molecule has 0 radical (unpaired) electrons. The molecule has 108 valence electrons. The molecule has 3 atom stereocenters. The molecule has 1 amide bonds. The molecule has 0 bridgehead atoms. The minimum atomic E-state index is -0.829. The van der Waals surface area contributed by atoms with Crippen LogP contribution in [-0.2, 0) is 9.59 Å². The van der Waals surface area contributed by atoms with Gasteiger partial charge in [0, 0.05) is 12.6 Å². The van der Waals surface area contributed by atoms with Crippen LogP contribution in [0.4, 0.5) is 0 Å². The molecule has 3 unspecified atom stereocenters. The molecule has 2 aliphatic rings. The van der Waals surface area contributed by atoms with E-state index in [1.807, 2.05) is 6.92 Å². The van der Waals surface area contributed by atoms with Crippen molar-refractivity contribution in [1.29, 1.82) is 0 Å². The highest BCUT2D eigenvalue weighted by atomic mass is 16.4. The normalized spacial score (nSPS) is 29.3. The summed E-state index contributed by atoms with van der Waals surface area (Å²) in [5.41, 5.74) is 0. The third-order valence-corrected chi connectivity index (χ3v) is 4.29. The molecule has 1 aliphatic carbocycles. The monoisotopic (exact) mass is 268 g/mol. The number of carbonyl (C=O) groups is 2. The summed E-state index contributed by atoms with van der Waals surface area (Å²) < 4.78 is 0. The Morgan fingerprint density at radius 3 is 2.47 bits per heavy atom. The van der Waals surface area contributed by atoms with Gasteiger partial charge in [-0.3, -0.25) is 9.59 Å². The molecule has 1 aliphatic heterocycles. The van der Waals surface area contributed by atoms with Crippen molar-refractivity contribution in [3.8, 4) is 0 Å². The summed E-state index contributed by atoms with van der Waals surface area (Å²) in [7, 11) is 0. The minimum absolute atomic E-state index is 0.0726. The number of carboxylic acids is 1. The molecule has 1 saturated carbocycles. The summed E-state index contributed by atoms with van der Waals surface area (Å²) in [4.78, 5) is 25.6. The Morgan fingerprint density at radius 2 is 1.84 bits per heavy atom. The summed E-state index contributed by atoms with van der Waals surface area (Å²) in [6, 6.07) is 0.0978. The van der Waals surface area contributed by atoms with Gasteiger partial charge in [-0.05, 0) is 45.7 Å². The van der Waals surface area contributed by atoms with Gasteiger partial charge in [0.15, 0.2) is 0 Å². The smallest absolute Gasteiger partial charge is 0.307 e. The van der Waals surface area contributed by atoms with Crippen molar-refractivity contribution < 1.29 is 14.7 Å². The van der Waals surface area contributed by atoms with Crippen LogP contribution < -0.4 is 5.32 Å². The van der Waals surface area contributed by atoms with E-state index in [4.69, 9.17) is 5.11 Å². The third-order valence-electron chi connectivity index (χ3n) is 4.29. The molecule has 0 aromatic rings. The van der Waals surface area contributed by atoms with Gasteiger partial charge in [-0.2, -0.15) is 0 Å². The first-order chi connectivity index (χ1) is 9.08. The van der Waals surface area contributed by atoms with Crippen LogP contribution in [0.2, 0.25) is 0 Å². The SMILES string of the molecule is CC(CN1CCCC1)NC(=O)C1CCCC1C(=O)O. The topological polar surface area (TPSA) is 69.6 Å². The fourth-order valence-electron chi connectivity index (χ4n) is 3.32. The lowest BCUT2D eigenvalue weighted by Crippen LogP contribution is -2.44. The maximum atomic E-state index is 12.2. The van der Waals surface area contributed by atoms with Crippen molar-refractivity contribution in [2.45, 2.75) is 45.1 Å². The van der Waals surface area contributed by atoms with Crippen LogP contribution in [0.15, 0.2) is 0 Å². The van der Waals surface area contributed by atoms with Crippen molar-refractivity contribution in [1.82, 2.24) is 10.2 Å². The van der Waals surface area contributed by atoms with E-state index in [1.165, 1.54) is 12.8 Å². The Balaban J connectivity index is 1.80. The molecule has 0 spiro atoms. The van der Waals surface area contributed by atoms with Crippen LogP contribution in [0.5, 0.6) is 0 Å². The molecule has 5 heteroatoms. The molecule has 2 N–H and O–H groups in total. The Labute approximate surface area is 114 Å². The van der Waals surface area contributed by atoms with E-state index in [-0.39, 0.29) is 17.9 Å². The van der Waals surface area contributed by atoms with Crippen molar-refractivity contribution in [3.05, 3.63) is 0 Å². The van der Waals surface area contributed by atoms with E-state index >= 15 is 0 Å². The first-order valence-corrected chi connectivity index (χ1v) is 7.33. The first kappa shape index (κ1) is 14.3. The predicted octanol–water partition coefficient (Wildman–Crippen LogP) is 1.09. The molecule has 2 rings (SSSR count). The van der Waals surface area contributed by atoms with Crippen LogP contribution in [-0.4, -0.2) is 47.6 Å². The summed E-state index contributed by atoms with van der Waals surface area (Å²) in [6.07, 6.45) is 4.66. The lowest BCUT2D eigenvalue weighted by molar-refractivity contribution is -0.146. The van der Waals surface area contributed by atoms with Gasteiger partial charge in [0.05, 0.1) is 11.8 Å². The highest BCUT2D eigenvalue weighted by Crippen LogP contribution is 2.32. The summed E-state index contributed by atoms with van der Waals surface area (Å²) in [6.45, 7) is 5.10. The average molecular weight is 268 g/mol. The lowest BCUT2D eigenvalue weighted by Gasteiger charge is -2.23. The first-order valence-electron chi connectivity index (χ1n) is 7.33. The number of aliphatic carboxylic acids is 1. The van der Waals surface area contributed by atoms with Crippen LogP contribution in [0.3, 0.4) is 0 Å². The maximum Gasteiger partial charge on any atom is 0.307 e. The highest BCUT2D eigenvalue weighted by molar-refractivity contribution is 5.85. The van der Waals surface area contributed by atoms with Crippen LogP contribution >= 0.6 is 0 Å². The fourth-order valence-corrected chi connectivity index (χ4v) is 3.32. The Kier molecular flexibility index (Phi) is 4.80. The average Bonchev–Trinajstić information content (AvgIpc) is 2.97. The second-order valence-electron chi connectivity index (χ2n) is 5.90. The van der Waals surface area contributed by atoms with E-state index in [0.717, 1.165) is 26.1 Å². The van der Waals surface area contributed by atoms with E-state index in [2.05, 4.69) is 10.2 Å². The van der Waals surface area contributed by atoms with Gasteiger partial charge >= 0.3 is 5.97 Å². The predicted molar refractivity (Wildman–Crippen MR) is 71.7 cm³/mol. The zero-order valence-electron chi connectivity index (χ0n) is 11.6. The molecular weight excluding hydrogens is 244 g/mol. The van der Waals surface area contributed by atoms with Gasteiger partial charge in [-0.15, -0.1) is 0 Å². The van der Waals surface area contributed by atoms with Gasteiger partial charge in [0.25, 0.3) is 0 Å². The molecule has 1 saturated heterocycles. The van der Waals surface area contributed by atoms with E-state index in [0.29, 0.717) is 12.8 Å². The highest BCUT2D eigenvalue weighted by Gasteiger charge is 2.38. The van der Waals surface area contributed by atoms with E-state index in [9.17, 15) is 9.59 Å². The zero-order valence-corrected chi connectivity index (χ0v) is 11.6. The molecular formula is C14H24N2O3. The molecule has 19 heavy (non-hydrogen) atoms. The summed E-state index contributed by atoms with van der Waals surface area (Å²) in [5, 5.41) is 12.1. The second-order valence-corrected chi connectivity index (χ2v) is 5.90. The van der Waals surface area contributed by atoms with E-state index < -0.39 is 11.9 Å². The number of carbonyl (C=O) groups excluding carboxylic acids is 1. The van der Waals surface area contributed by atoms with Gasteiger partial charge in [-0.1, -0.05) is 6.42 Å². The minimum Gasteiger partial charge on any atom is -0.481 e. The Morgan fingerprint density at radius 1 is 1.21 bits per heavy atom. The molecule has 5 nitrogen and oxygen atoms in total. The number of amides is 1. The fraction of sp³-hybridized carbons (Fsp3) is 0.857. The number of hydrogen-bond donors (Lipinski definition) is 2. The molecule has 0 aromatic carbocycles. The van der Waals surface area contributed by atoms with Crippen LogP contribution in [0, 0.1) is 11.8 Å². The van der Waals surface area contributed by atoms with Crippen molar-refractivity contribution in [2.24, 2.45) is 11.8 Å². The standard InChI is InChI=1S/C14H24N2O3/c1-10(9-16-7-2-3-8-16)15-13(17)11-5-4-6-12(11)14(18)19/h10-12H,2-9H2,1H3,(H,15,17)(H,18,19). The largest absolute Gasteiger partial charge is 0.481 e. The van der Waals surface area contributed by atoms with Gasteiger partial charge in [-0.25, -0.2) is 0 Å².